The Bertz CT molecular complexity index is 959. The van der Waals surface area contributed by atoms with Gasteiger partial charge < -0.3 is 0 Å². The van der Waals surface area contributed by atoms with Crippen LogP contribution in [0.2, 0.25) is 0 Å². The van der Waals surface area contributed by atoms with E-state index >= 15 is 0 Å². The lowest BCUT2D eigenvalue weighted by atomic mass is 9.83. The predicted octanol–water partition coefficient (Wildman–Crippen LogP) is 5.85. The number of benzene rings is 4. The monoisotopic (exact) mass is 322 g/mol. The van der Waals surface area contributed by atoms with Gasteiger partial charge in [0.15, 0.2) is 5.78 Å². The van der Waals surface area contributed by atoms with Crippen LogP contribution >= 0.6 is 0 Å². The maximum absolute atomic E-state index is 13.6. The smallest absolute Gasteiger partial charge is 0.175 e. The van der Waals surface area contributed by atoms with Gasteiger partial charge in [0.2, 0.25) is 0 Å². The molecule has 0 aliphatic carbocycles. The zero-order valence-electron chi connectivity index (χ0n) is 13.8. The molecule has 120 valence electrons. The van der Waals surface area contributed by atoms with E-state index in [4.69, 9.17) is 0 Å². The van der Waals surface area contributed by atoms with Crippen LogP contribution in [-0.4, -0.2) is 5.78 Å². The van der Waals surface area contributed by atoms with Gasteiger partial charge in [-0.15, -0.1) is 0 Å². The molecule has 0 amide bonds. The lowest BCUT2D eigenvalue weighted by Crippen LogP contribution is -2.15. The molecule has 1 nitrogen and oxygen atoms in total. The molecule has 4 aromatic carbocycles. The number of hydrogen-bond acceptors (Lipinski definition) is 1. The molecule has 0 saturated heterocycles. The Morgan fingerprint density at radius 2 is 1.08 bits per heavy atom. The number of rotatable bonds is 4. The Labute approximate surface area is 147 Å². The average molecular weight is 322 g/mol. The van der Waals surface area contributed by atoms with Gasteiger partial charge in [0.05, 0.1) is 5.92 Å². The fraction of sp³-hybridized carbons (Fsp3) is 0.0417. The predicted molar refractivity (Wildman–Crippen MR) is 103 cm³/mol. The second kappa shape index (κ2) is 6.74. The molecule has 0 atom stereocenters. The van der Waals surface area contributed by atoms with E-state index in [1.54, 1.807) is 0 Å². The van der Waals surface area contributed by atoms with Gasteiger partial charge in [0.25, 0.3) is 0 Å². The molecular weight excluding hydrogens is 304 g/mol. The zero-order chi connectivity index (χ0) is 17.1. The van der Waals surface area contributed by atoms with E-state index in [-0.39, 0.29) is 11.7 Å². The van der Waals surface area contributed by atoms with Crippen molar-refractivity contribution in [3.63, 3.8) is 0 Å². The van der Waals surface area contributed by atoms with Gasteiger partial charge in [0, 0.05) is 5.56 Å². The minimum Gasteiger partial charge on any atom is -0.293 e. The second-order valence-electron chi connectivity index (χ2n) is 6.15. The van der Waals surface area contributed by atoms with E-state index in [0.29, 0.717) is 0 Å². The summed E-state index contributed by atoms with van der Waals surface area (Å²) in [6.07, 6.45) is 0. The van der Waals surface area contributed by atoms with E-state index < -0.39 is 0 Å². The molecule has 25 heavy (non-hydrogen) atoms. The first kappa shape index (κ1) is 15.3. The Morgan fingerprint density at radius 3 is 1.72 bits per heavy atom. The first-order chi connectivity index (χ1) is 12.3. The summed E-state index contributed by atoms with van der Waals surface area (Å²) >= 11 is 0. The van der Waals surface area contributed by atoms with Crippen molar-refractivity contribution in [2.45, 2.75) is 5.92 Å². The van der Waals surface area contributed by atoms with Crippen molar-refractivity contribution in [2.24, 2.45) is 0 Å². The number of carbonyl (C=O) groups is 1. The molecule has 0 heterocycles. The first-order valence-electron chi connectivity index (χ1n) is 8.46. The van der Waals surface area contributed by atoms with Crippen LogP contribution in [-0.2, 0) is 0 Å². The molecule has 1 heteroatoms. The van der Waals surface area contributed by atoms with Crippen molar-refractivity contribution in [3.05, 3.63) is 120 Å². The molecule has 0 radical (unpaired) electrons. The lowest BCUT2D eigenvalue weighted by molar-refractivity contribution is 0.0975. The van der Waals surface area contributed by atoms with Crippen molar-refractivity contribution in [1.82, 2.24) is 0 Å². The summed E-state index contributed by atoms with van der Waals surface area (Å²) in [5.41, 5.74) is 2.81. The molecule has 0 aliphatic heterocycles. The van der Waals surface area contributed by atoms with E-state index in [9.17, 15) is 4.79 Å². The maximum atomic E-state index is 13.6. The van der Waals surface area contributed by atoms with Gasteiger partial charge in [0.1, 0.15) is 0 Å². The standard InChI is InChI=1S/C24H18O/c25-24(22-17-9-15-18-10-7-8-16-21(18)22)23(19-11-3-1-4-12-19)20-13-5-2-6-14-20/h1-17,23H. The van der Waals surface area contributed by atoms with Crippen molar-refractivity contribution >= 4 is 16.6 Å². The maximum Gasteiger partial charge on any atom is 0.175 e. The summed E-state index contributed by atoms with van der Waals surface area (Å²) < 4.78 is 0. The fourth-order valence-electron chi connectivity index (χ4n) is 3.38. The van der Waals surface area contributed by atoms with E-state index in [1.807, 2.05) is 103 Å². The molecule has 0 bridgehead atoms. The minimum atomic E-state index is -0.298. The molecule has 0 saturated carbocycles. The first-order valence-corrected chi connectivity index (χ1v) is 8.46. The van der Waals surface area contributed by atoms with Crippen LogP contribution in [0.25, 0.3) is 10.8 Å². The average Bonchev–Trinajstić information content (AvgIpc) is 2.69. The van der Waals surface area contributed by atoms with Gasteiger partial charge in [-0.05, 0) is 21.9 Å². The SMILES string of the molecule is O=C(c1cccc2ccccc12)C(c1ccccc1)c1ccccc1. The Morgan fingerprint density at radius 1 is 0.560 bits per heavy atom. The van der Waals surface area contributed by atoms with Crippen molar-refractivity contribution in [2.75, 3.05) is 0 Å². The number of hydrogen-bond donors (Lipinski definition) is 0. The van der Waals surface area contributed by atoms with Crippen molar-refractivity contribution < 1.29 is 4.79 Å². The minimum absolute atomic E-state index is 0.134. The van der Waals surface area contributed by atoms with Crippen LogP contribution in [0.3, 0.4) is 0 Å². The van der Waals surface area contributed by atoms with Gasteiger partial charge in [-0.25, -0.2) is 0 Å². The highest BCUT2D eigenvalue weighted by Crippen LogP contribution is 2.31. The van der Waals surface area contributed by atoms with Crippen LogP contribution in [0.15, 0.2) is 103 Å². The van der Waals surface area contributed by atoms with E-state index in [0.717, 1.165) is 27.5 Å². The molecule has 0 fully saturated rings. The number of fused-ring (bicyclic) bond motifs is 1. The summed E-state index contributed by atoms with van der Waals surface area (Å²) in [5, 5.41) is 2.10. The van der Waals surface area contributed by atoms with Crippen molar-refractivity contribution in [3.8, 4) is 0 Å². The quantitative estimate of drug-likeness (QED) is 0.430. The topological polar surface area (TPSA) is 17.1 Å². The molecule has 0 N–H and O–H groups in total. The Kier molecular flexibility index (Phi) is 4.14. The summed E-state index contributed by atoms with van der Waals surface area (Å²) in [6.45, 7) is 0. The summed E-state index contributed by atoms with van der Waals surface area (Å²) in [5.74, 6) is -0.164. The molecule has 4 aromatic rings. The van der Waals surface area contributed by atoms with Crippen molar-refractivity contribution in [1.29, 1.82) is 0 Å². The third-order valence-electron chi connectivity index (χ3n) is 4.58. The molecule has 0 spiro atoms. The van der Waals surface area contributed by atoms with Gasteiger partial charge in [-0.2, -0.15) is 0 Å². The van der Waals surface area contributed by atoms with E-state index in [1.165, 1.54) is 0 Å². The van der Waals surface area contributed by atoms with Crippen LogP contribution < -0.4 is 0 Å². The molecule has 0 aliphatic rings. The summed E-state index contributed by atoms with van der Waals surface area (Å²) in [4.78, 5) is 13.6. The van der Waals surface area contributed by atoms with Gasteiger partial charge >= 0.3 is 0 Å². The zero-order valence-corrected chi connectivity index (χ0v) is 13.8. The van der Waals surface area contributed by atoms with Crippen LogP contribution in [0.4, 0.5) is 0 Å². The van der Waals surface area contributed by atoms with Gasteiger partial charge in [-0.3, -0.25) is 4.79 Å². The van der Waals surface area contributed by atoms with Crippen LogP contribution in [0.5, 0.6) is 0 Å². The highest BCUT2D eigenvalue weighted by Gasteiger charge is 2.24. The third kappa shape index (κ3) is 2.97. The Balaban J connectivity index is 1.89. The van der Waals surface area contributed by atoms with Crippen LogP contribution in [0.1, 0.15) is 27.4 Å². The summed E-state index contributed by atoms with van der Waals surface area (Å²) in [7, 11) is 0. The molecule has 0 aromatic heterocycles. The number of ketones is 1. The number of Topliss-reactive ketones (excluding diaryl/α,β-unsaturated/α-hetero) is 1. The lowest BCUT2D eigenvalue weighted by Gasteiger charge is -2.18. The normalized spacial score (nSPS) is 10.9. The van der Waals surface area contributed by atoms with Crippen LogP contribution in [0, 0.1) is 0 Å². The van der Waals surface area contributed by atoms with E-state index in [2.05, 4.69) is 0 Å². The molecule has 4 rings (SSSR count). The highest BCUT2D eigenvalue weighted by molar-refractivity contribution is 6.12. The fourth-order valence-corrected chi connectivity index (χ4v) is 3.38. The molecular formula is C24H18O. The Hall–Kier alpha value is -3.19. The largest absolute Gasteiger partial charge is 0.293 e. The number of carbonyl (C=O) groups excluding carboxylic acids is 1. The molecule has 0 unspecified atom stereocenters. The van der Waals surface area contributed by atoms with Gasteiger partial charge in [-0.1, -0.05) is 103 Å². The highest BCUT2D eigenvalue weighted by atomic mass is 16.1. The summed E-state index contributed by atoms with van der Waals surface area (Å²) in [6, 6.07) is 34.0. The second-order valence-corrected chi connectivity index (χ2v) is 6.15. The third-order valence-corrected chi connectivity index (χ3v) is 4.58.